The maximum atomic E-state index is 12.0. The molecule has 9 nitrogen and oxygen atoms in total. The first-order chi connectivity index (χ1) is 14.8. The molecule has 2 heterocycles. The summed E-state index contributed by atoms with van der Waals surface area (Å²) in [6.07, 6.45) is -6.70. The van der Waals surface area contributed by atoms with Gasteiger partial charge in [-0.15, -0.1) is 16.9 Å². The van der Waals surface area contributed by atoms with Gasteiger partial charge in [0, 0.05) is 23.8 Å². The van der Waals surface area contributed by atoms with Crippen molar-refractivity contribution >= 4 is 17.7 Å². The summed E-state index contributed by atoms with van der Waals surface area (Å²) in [6, 6.07) is 8.01. The molecule has 5 atom stereocenters. The van der Waals surface area contributed by atoms with E-state index in [0.717, 1.165) is 16.2 Å². The van der Waals surface area contributed by atoms with Crippen molar-refractivity contribution in [2.24, 2.45) is 0 Å². The van der Waals surface area contributed by atoms with E-state index in [1.54, 1.807) is 18.7 Å². The Bertz CT molecular complexity index is 900. The second-order valence-electron chi connectivity index (χ2n) is 7.37. The number of aliphatic hydroxyl groups excluding tert-OH is 4. The van der Waals surface area contributed by atoms with Crippen LogP contribution in [0, 0.1) is 6.92 Å². The first-order valence-corrected chi connectivity index (χ1v) is 11.0. The Labute approximate surface area is 184 Å². The highest BCUT2D eigenvalue weighted by atomic mass is 32.2. The summed E-state index contributed by atoms with van der Waals surface area (Å²) in [5.74, 6) is 0.738. The van der Waals surface area contributed by atoms with Gasteiger partial charge in [-0.2, -0.15) is 0 Å². The lowest BCUT2D eigenvalue weighted by Crippen LogP contribution is -2.60. The molecule has 0 bridgehead atoms. The van der Waals surface area contributed by atoms with Crippen LogP contribution in [0.3, 0.4) is 0 Å². The molecule has 1 aliphatic heterocycles. The molecule has 1 aromatic carbocycles. The van der Waals surface area contributed by atoms with Gasteiger partial charge in [-0.25, -0.2) is 4.68 Å². The molecule has 0 amide bonds. The van der Waals surface area contributed by atoms with Crippen LogP contribution in [0.1, 0.15) is 35.5 Å². The van der Waals surface area contributed by atoms with E-state index in [1.807, 2.05) is 24.3 Å². The van der Waals surface area contributed by atoms with E-state index in [9.17, 15) is 25.2 Å². The summed E-state index contributed by atoms with van der Waals surface area (Å²) in [4.78, 5) is 13.2. The molecule has 3 rings (SSSR count). The summed E-state index contributed by atoms with van der Waals surface area (Å²) in [6.45, 7) is 4.63. The third kappa shape index (κ3) is 5.11. The molecular formula is C21H28N2O7S. The zero-order valence-electron chi connectivity index (χ0n) is 17.6. The van der Waals surface area contributed by atoms with Gasteiger partial charge in [-0.05, 0) is 30.4 Å². The SMILES string of the molecule is CCSc1ccc(Cc2c(O[C@@H]3O[C@H](CO)[C@@H](O)[C@H](O)[C@H]3O)nn(C(C)=O)c2C)cc1. The molecule has 170 valence electrons. The topological polar surface area (TPSA) is 134 Å². The van der Waals surface area contributed by atoms with Crippen LogP contribution in [0.5, 0.6) is 5.88 Å². The van der Waals surface area contributed by atoms with Crippen LogP contribution in [0.25, 0.3) is 0 Å². The van der Waals surface area contributed by atoms with E-state index in [2.05, 4.69) is 12.0 Å². The number of carbonyl (C=O) groups is 1. The molecule has 0 unspecified atom stereocenters. The van der Waals surface area contributed by atoms with E-state index < -0.39 is 37.3 Å². The van der Waals surface area contributed by atoms with Crippen molar-refractivity contribution < 1.29 is 34.7 Å². The summed E-state index contributed by atoms with van der Waals surface area (Å²) >= 11 is 1.74. The fourth-order valence-electron chi connectivity index (χ4n) is 3.46. The lowest BCUT2D eigenvalue weighted by atomic mass is 9.99. The zero-order valence-corrected chi connectivity index (χ0v) is 18.5. The number of aromatic nitrogens is 2. The third-order valence-corrected chi connectivity index (χ3v) is 6.09. The predicted octanol–water partition coefficient (Wildman–Crippen LogP) is 0.733. The van der Waals surface area contributed by atoms with Crippen LogP contribution in [0.4, 0.5) is 0 Å². The van der Waals surface area contributed by atoms with Crippen molar-refractivity contribution in [1.29, 1.82) is 0 Å². The Balaban J connectivity index is 1.89. The van der Waals surface area contributed by atoms with Crippen LogP contribution in [-0.2, 0) is 11.2 Å². The van der Waals surface area contributed by atoms with E-state index in [1.165, 1.54) is 11.6 Å². The molecule has 0 radical (unpaired) electrons. The second-order valence-corrected chi connectivity index (χ2v) is 8.71. The number of hydrogen-bond donors (Lipinski definition) is 4. The molecule has 2 aromatic rings. The summed E-state index contributed by atoms with van der Waals surface area (Å²) < 4.78 is 12.4. The first kappa shape index (κ1) is 23.7. The highest BCUT2D eigenvalue weighted by Gasteiger charge is 2.45. The molecule has 1 aromatic heterocycles. The van der Waals surface area contributed by atoms with E-state index in [0.29, 0.717) is 17.7 Å². The molecule has 31 heavy (non-hydrogen) atoms. The van der Waals surface area contributed by atoms with Crippen LogP contribution in [-0.4, -0.2) is 79.2 Å². The molecule has 1 fully saturated rings. The van der Waals surface area contributed by atoms with Gasteiger partial charge in [0.15, 0.2) is 0 Å². The molecule has 0 saturated carbocycles. The van der Waals surface area contributed by atoms with E-state index in [-0.39, 0.29) is 11.8 Å². The molecule has 1 saturated heterocycles. The largest absolute Gasteiger partial charge is 0.443 e. The minimum atomic E-state index is -1.57. The Morgan fingerprint density at radius 2 is 1.87 bits per heavy atom. The van der Waals surface area contributed by atoms with Gasteiger partial charge in [0.05, 0.1) is 12.3 Å². The molecule has 0 spiro atoms. The summed E-state index contributed by atoms with van der Waals surface area (Å²) in [5.41, 5.74) is 2.19. The fourth-order valence-corrected chi connectivity index (χ4v) is 4.12. The summed E-state index contributed by atoms with van der Waals surface area (Å²) in [7, 11) is 0. The van der Waals surface area contributed by atoms with Gasteiger partial charge in [0.1, 0.15) is 24.4 Å². The number of carbonyl (C=O) groups excluding carboxylic acids is 1. The Morgan fingerprint density at radius 3 is 2.45 bits per heavy atom. The number of thioether (sulfide) groups is 1. The molecule has 1 aliphatic rings. The highest BCUT2D eigenvalue weighted by molar-refractivity contribution is 7.99. The van der Waals surface area contributed by atoms with E-state index >= 15 is 0 Å². The van der Waals surface area contributed by atoms with Crippen molar-refractivity contribution in [3.63, 3.8) is 0 Å². The predicted molar refractivity (Wildman–Crippen MR) is 113 cm³/mol. The van der Waals surface area contributed by atoms with Crippen LogP contribution < -0.4 is 4.74 Å². The van der Waals surface area contributed by atoms with Gasteiger partial charge in [-0.3, -0.25) is 4.79 Å². The van der Waals surface area contributed by atoms with Crippen LogP contribution >= 0.6 is 11.8 Å². The first-order valence-electron chi connectivity index (χ1n) is 10.0. The van der Waals surface area contributed by atoms with Gasteiger partial charge >= 0.3 is 0 Å². The highest BCUT2D eigenvalue weighted by Crippen LogP contribution is 2.30. The lowest BCUT2D eigenvalue weighted by Gasteiger charge is -2.39. The van der Waals surface area contributed by atoms with Gasteiger partial charge in [0.25, 0.3) is 0 Å². The average Bonchev–Trinajstić information content (AvgIpc) is 3.05. The molecule has 4 N–H and O–H groups in total. The van der Waals surface area contributed by atoms with E-state index in [4.69, 9.17) is 9.47 Å². The Kier molecular flexibility index (Phi) is 7.73. The van der Waals surface area contributed by atoms with Crippen LogP contribution in [0.2, 0.25) is 0 Å². The lowest BCUT2D eigenvalue weighted by molar-refractivity contribution is -0.278. The number of nitrogens with zero attached hydrogens (tertiary/aromatic N) is 2. The Morgan fingerprint density at radius 1 is 1.19 bits per heavy atom. The average molecular weight is 453 g/mol. The Hall–Kier alpha value is -1.95. The standard InChI is InChI=1S/C21H28N2O7S/c1-4-31-14-7-5-13(6-8-14)9-15-11(2)23(12(3)25)22-20(15)30-21-19(28)18(27)17(26)16(10-24)29-21/h5-8,16-19,21,24,26-28H,4,9-10H2,1-3H3/t16-,17-,18+,19-,21+/m1/s1. The number of hydrogen-bond acceptors (Lipinski definition) is 9. The normalized spacial score (nSPS) is 26.1. The molecular weight excluding hydrogens is 424 g/mol. The number of rotatable bonds is 7. The number of benzene rings is 1. The molecule has 10 heteroatoms. The minimum Gasteiger partial charge on any atom is -0.443 e. The fraction of sp³-hybridized carbons (Fsp3) is 0.524. The smallest absolute Gasteiger partial charge is 0.244 e. The van der Waals surface area contributed by atoms with Crippen molar-refractivity contribution in [1.82, 2.24) is 9.78 Å². The monoisotopic (exact) mass is 452 g/mol. The molecule has 0 aliphatic carbocycles. The van der Waals surface area contributed by atoms with Gasteiger partial charge < -0.3 is 29.9 Å². The zero-order chi connectivity index (χ0) is 22.7. The second kappa shape index (κ2) is 10.1. The van der Waals surface area contributed by atoms with Crippen molar-refractivity contribution in [3.05, 3.63) is 41.1 Å². The minimum absolute atomic E-state index is 0.0732. The summed E-state index contributed by atoms with van der Waals surface area (Å²) in [5, 5.41) is 43.9. The van der Waals surface area contributed by atoms with Crippen molar-refractivity contribution in [2.45, 2.75) is 62.8 Å². The maximum Gasteiger partial charge on any atom is 0.244 e. The number of ether oxygens (including phenoxy) is 2. The van der Waals surface area contributed by atoms with Gasteiger partial charge in [0.2, 0.25) is 18.1 Å². The van der Waals surface area contributed by atoms with Gasteiger partial charge in [-0.1, -0.05) is 19.1 Å². The third-order valence-electron chi connectivity index (χ3n) is 5.19. The van der Waals surface area contributed by atoms with Crippen LogP contribution in [0.15, 0.2) is 29.2 Å². The number of aliphatic hydroxyl groups is 4. The maximum absolute atomic E-state index is 12.0. The quantitative estimate of drug-likeness (QED) is 0.449. The van der Waals surface area contributed by atoms with Crippen molar-refractivity contribution in [2.75, 3.05) is 12.4 Å². The van der Waals surface area contributed by atoms with Crippen molar-refractivity contribution in [3.8, 4) is 5.88 Å².